The molecule has 5 nitrogen and oxygen atoms in total. The zero-order chi connectivity index (χ0) is 15.6. The summed E-state index contributed by atoms with van der Waals surface area (Å²) in [5.74, 6) is -1.06. The fourth-order valence-corrected chi connectivity index (χ4v) is 3.23. The molecule has 2 rings (SSSR count). The molecule has 0 saturated carbocycles. The van der Waals surface area contributed by atoms with E-state index in [1.54, 1.807) is 38.1 Å². The van der Waals surface area contributed by atoms with Gasteiger partial charge in [0.25, 0.3) is 0 Å². The average molecular weight is 327 g/mol. The number of rotatable bonds is 3. The highest BCUT2D eigenvalue weighted by Crippen LogP contribution is 2.26. The lowest BCUT2D eigenvalue weighted by molar-refractivity contribution is -0.147. The van der Waals surface area contributed by atoms with Crippen LogP contribution in [0.4, 0.5) is 5.69 Å². The Balaban J connectivity index is 2.02. The zero-order valence-corrected chi connectivity index (χ0v) is 13.2. The number of amides is 3. The van der Waals surface area contributed by atoms with Gasteiger partial charge in [-0.05, 0) is 38.1 Å². The second-order valence-corrected chi connectivity index (χ2v) is 6.86. The molecule has 3 amide bonds. The minimum absolute atomic E-state index is 0.268. The second-order valence-electron chi connectivity index (χ2n) is 4.74. The summed E-state index contributed by atoms with van der Waals surface area (Å²) in [4.78, 5) is 37.0. The van der Waals surface area contributed by atoms with Crippen molar-refractivity contribution in [1.29, 1.82) is 0 Å². The first kappa shape index (κ1) is 15.9. The molecule has 1 saturated heterocycles. The van der Waals surface area contributed by atoms with Gasteiger partial charge in [-0.2, -0.15) is 0 Å². The number of carbonyl (C=O) groups is 3. The summed E-state index contributed by atoms with van der Waals surface area (Å²) >= 11 is 7.07. The van der Waals surface area contributed by atoms with Crippen molar-refractivity contribution < 1.29 is 14.4 Å². The third-order valence-corrected chi connectivity index (χ3v) is 4.54. The van der Waals surface area contributed by atoms with Crippen molar-refractivity contribution in [2.75, 3.05) is 11.9 Å². The van der Waals surface area contributed by atoms with E-state index < -0.39 is 5.91 Å². The summed E-state index contributed by atoms with van der Waals surface area (Å²) in [6.07, 6.45) is 0. The standard InChI is InChI=1S/C14H15ClN2O3S/c1-8-13(19)17(14(20)9(2)21-8)7-12(18)16-11-5-3-10(15)4-6-11/h3-6,8-9H,7H2,1-2H3,(H,16,18). The number of imide groups is 1. The maximum atomic E-state index is 12.0. The number of nitrogens with one attached hydrogen (secondary N) is 1. The van der Waals surface area contributed by atoms with Gasteiger partial charge < -0.3 is 5.32 Å². The van der Waals surface area contributed by atoms with Crippen LogP contribution in [0.3, 0.4) is 0 Å². The van der Waals surface area contributed by atoms with Crippen molar-refractivity contribution in [3.8, 4) is 0 Å². The molecule has 1 fully saturated rings. The highest BCUT2D eigenvalue weighted by molar-refractivity contribution is 8.02. The molecule has 1 N–H and O–H groups in total. The summed E-state index contributed by atoms with van der Waals surface area (Å²) in [5.41, 5.74) is 0.566. The average Bonchev–Trinajstić information content (AvgIpc) is 2.44. The van der Waals surface area contributed by atoms with Crippen LogP contribution in [-0.2, 0) is 14.4 Å². The minimum atomic E-state index is -0.412. The first-order valence-electron chi connectivity index (χ1n) is 6.44. The van der Waals surface area contributed by atoms with Gasteiger partial charge in [-0.15, -0.1) is 11.8 Å². The smallest absolute Gasteiger partial charge is 0.244 e. The molecule has 0 radical (unpaired) electrons. The van der Waals surface area contributed by atoms with Gasteiger partial charge in [0, 0.05) is 10.7 Å². The molecule has 1 aliphatic heterocycles. The zero-order valence-electron chi connectivity index (χ0n) is 11.6. The largest absolute Gasteiger partial charge is 0.325 e. The summed E-state index contributed by atoms with van der Waals surface area (Å²) < 4.78 is 0. The fourth-order valence-electron chi connectivity index (χ4n) is 2.00. The Kier molecular flexibility index (Phi) is 4.90. The van der Waals surface area contributed by atoms with Crippen LogP contribution in [0.15, 0.2) is 24.3 Å². The Morgan fingerprint density at radius 2 is 1.71 bits per heavy atom. The lowest BCUT2D eigenvalue weighted by atomic mass is 10.3. The van der Waals surface area contributed by atoms with E-state index in [1.165, 1.54) is 11.8 Å². The third-order valence-electron chi connectivity index (χ3n) is 3.07. The van der Waals surface area contributed by atoms with E-state index in [9.17, 15) is 14.4 Å². The van der Waals surface area contributed by atoms with Crippen molar-refractivity contribution >= 4 is 46.8 Å². The molecule has 0 aliphatic carbocycles. The first-order valence-corrected chi connectivity index (χ1v) is 7.76. The molecular formula is C14H15ClN2O3S. The Morgan fingerprint density at radius 3 is 2.24 bits per heavy atom. The Labute approximate surface area is 132 Å². The molecule has 0 bridgehead atoms. The van der Waals surface area contributed by atoms with Crippen molar-refractivity contribution in [3.05, 3.63) is 29.3 Å². The van der Waals surface area contributed by atoms with Gasteiger partial charge in [-0.1, -0.05) is 11.6 Å². The van der Waals surface area contributed by atoms with E-state index >= 15 is 0 Å². The normalized spacial score (nSPS) is 22.3. The maximum Gasteiger partial charge on any atom is 0.244 e. The van der Waals surface area contributed by atoms with Crippen LogP contribution in [0.2, 0.25) is 5.02 Å². The number of carbonyl (C=O) groups excluding carboxylic acids is 3. The molecule has 0 spiro atoms. The van der Waals surface area contributed by atoms with E-state index in [1.807, 2.05) is 0 Å². The number of thioether (sulfide) groups is 1. The van der Waals surface area contributed by atoms with Crippen molar-refractivity contribution in [2.45, 2.75) is 24.3 Å². The highest BCUT2D eigenvalue weighted by Gasteiger charge is 2.37. The van der Waals surface area contributed by atoms with Crippen LogP contribution >= 0.6 is 23.4 Å². The quantitative estimate of drug-likeness (QED) is 0.864. The molecular weight excluding hydrogens is 312 g/mol. The van der Waals surface area contributed by atoms with Crippen LogP contribution in [0.5, 0.6) is 0 Å². The monoisotopic (exact) mass is 326 g/mol. The molecule has 1 heterocycles. The second kappa shape index (κ2) is 6.49. The summed E-state index contributed by atoms with van der Waals surface area (Å²) in [6, 6.07) is 6.60. The molecule has 1 aromatic carbocycles. The Hall–Kier alpha value is -1.53. The van der Waals surface area contributed by atoms with E-state index in [2.05, 4.69) is 5.32 Å². The third kappa shape index (κ3) is 3.77. The molecule has 21 heavy (non-hydrogen) atoms. The maximum absolute atomic E-state index is 12.0. The first-order chi connectivity index (χ1) is 9.88. The summed E-state index contributed by atoms with van der Waals surface area (Å²) in [7, 11) is 0. The van der Waals surface area contributed by atoms with Crippen LogP contribution in [-0.4, -0.2) is 39.7 Å². The molecule has 2 unspecified atom stereocenters. The number of benzene rings is 1. The lowest BCUT2D eigenvalue weighted by Crippen LogP contribution is -2.52. The summed E-state index contributed by atoms with van der Waals surface area (Å²) in [5, 5.41) is 2.56. The number of hydrogen-bond acceptors (Lipinski definition) is 4. The van der Waals surface area contributed by atoms with Crippen molar-refractivity contribution in [1.82, 2.24) is 4.90 Å². The van der Waals surface area contributed by atoms with E-state index in [-0.39, 0.29) is 28.9 Å². The van der Waals surface area contributed by atoms with Crippen LogP contribution in [0.25, 0.3) is 0 Å². The van der Waals surface area contributed by atoms with E-state index in [4.69, 9.17) is 11.6 Å². The van der Waals surface area contributed by atoms with Crippen molar-refractivity contribution in [3.63, 3.8) is 0 Å². The van der Waals surface area contributed by atoms with Gasteiger partial charge in [-0.25, -0.2) is 0 Å². The predicted octanol–water partition coefficient (Wildman–Crippen LogP) is 2.16. The van der Waals surface area contributed by atoms with Gasteiger partial charge >= 0.3 is 0 Å². The van der Waals surface area contributed by atoms with Gasteiger partial charge in [0.15, 0.2) is 0 Å². The Bertz CT molecular complexity index is 556. The van der Waals surface area contributed by atoms with Crippen molar-refractivity contribution in [2.24, 2.45) is 0 Å². The predicted molar refractivity (Wildman–Crippen MR) is 83.3 cm³/mol. The summed E-state index contributed by atoms with van der Waals surface area (Å²) in [6.45, 7) is 3.20. The van der Waals surface area contributed by atoms with Gasteiger partial charge in [0.05, 0.1) is 10.5 Å². The molecule has 1 aliphatic rings. The SMILES string of the molecule is CC1SC(C)C(=O)N(CC(=O)Nc2ccc(Cl)cc2)C1=O. The molecule has 112 valence electrons. The van der Waals surface area contributed by atoms with E-state index in [0.29, 0.717) is 10.7 Å². The fraction of sp³-hybridized carbons (Fsp3) is 0.357. The van der Waals surface area contributed by atoms with Crippen LogP contribution in [0.1, 0.15) is 13.8 Å². The molecule has 1 aromatic rings. The van der Waals surface area contributed by atoms with E-state index in [0.717, 1.165) is 4.90 Å². The molecule has 2 atom stereocenters. The van der Waals surface area contributed by atoms with Gasteiger partial charge in [0.2, 0.25) is 17.7 Å². The number of nitrogens with zero attached hydrogens (tertiary/aromatic N) is 1. The molecule has 0 aromatic heterocycles. The Morgan fingerprint density at radius 1 is 1.19 bits per heavy atom. The highest BCUT2D eigenvalue weighted by atomic mass is 35.5. The molecule has 7 heteroatoms. The topological polar surface area (TPSA) is 66.5 Å². The van der Waals surface area contributed by atoms with Crippen LogP contribution < -0.4 is 5.32 Å². The number of halogens is 1. The van der Waals surface area contributed by atoms with Crippen LogP contribution in [0, 0.1) is 0 Å². The van der Waals surface area contributed by atoms with Gasteiger partial charge in [-0.3, -0.25) is 19.3 Å². The lowest BCUT2D eigenvalue weighted by Gasteiger charge is -2.31. The minimum Gasteiger partial charge on any atom is -0.325 e. The van der Waals surface area contributed by atoms with Gasteiger partial charge in [0.1, 0.15) is 6.54 Å². The number of hydrogen-bond donors (Lipinski definition) is 1. The number of anilines is 1.